The zero-order valence-electron chi connectivity index (χ0n) is 18.3. The molecule has 1 amide bonds. The molecule has 0 radical (unpaired) electrons. The van der Waals surface area contributed by atoms with Crippen LogP contribution in [0.4, 0.5) is 17.1 Å². The average molecular weight is 509 g/mol. The molecule has 3 aromatic rings. The summed E-state index contributed by atoms with van der Waals surface area (Å²) in [5.41, 5.74) is 3.16. The summed E-state index contributed by atoms with van der Waals surface area (Å²) < 4.78 is 0.938. The van der Waals surface area contributed by atoms with E-state index in [1.54, 1.807) is 12.1 Å². The van der Waals surface area contributed by atoms with Crippen LogP contribution in [-0.4, -0.2) is 41.9 Å². The van der Waals surface area contributed by atoms with Gasteiger partial charge in [-0.3, -0.25) is 14.9 Å². The lowest BCUT2D eigenvalue weighted by molar-refractivity contribution is -0.384. The number of carbonyl (C=O) groups excluding carboxylic acids is 1. The number of nitro groups is 1. The van der Waals surface area contributed by atoms with Crippen molar-refractivity contribution >= 4 is 38.9 Å². The standard InChI is InChI=1S/C25H25BrN4O3/c1-18(19-5-3-2-4-6-19)27-23-17-22(11-12-24(23)30(32)33)28-13-15-29(16-14-28)25(31)20-7-9-21(26)10-8-20/h2-12,17-18,27H,13-16H2,1H3/t18-/m0/s1. The molecule has 1 N–H and O–H groups in total. The lowest BCUT2D eigenvalue weighted by atomic mass is 10.1. The highest BCUT2D eigenvalue weighted by Crippen LogP contribution is 2.33. The first-order chi connectivity index (χ1) is 15.9. The van der Waals surface area contributed by atoms with Gasteiger partial charge >= 0.3 is 0 Å². The summed E-state index contributed by atoms with van der Waals surface area (Å²) in [5.74, 6) is 0.0184. The Bertz CT molecular complexity index is 1130. The molecule has 0 unspecified atom stereocenters. The number of halogens is 1. The Morgan fingerprint density at radius 2 is 1.67 bits per heavy atom. The van der Waals surface area contributed by atoms with Crippen LogP contribution in [-0.2, 0) is 0 Å². The Morgan fingerprint density at radius 3 is 2.30 bits per heavy atom. The first kappa shape index (κ1) is 22.8. The molecule has 0 aromatic heterocycles. The second kappa shape index (κ2) is 10.0. The molecule has 1 aliphatic heterocycles. The Balaban J connectivity index is 1.47. The van der Waals surface area contributed by atoms with Crippen molar-refractivity contribution in [2.24, 2.45) is 0 Å². The fourth-order valence-corrected chi connectivity index (χ4v) is 4.26. The fourth-order valence-electron chi connectivity index (χ4n) is 4.00. The van der Waals surface area contributed by atoms with Crippen LogP contribution in [0, 0.1) is 10.1 Å². The molecule has 1 saturated heterocycles. The van der Waals surface area contributed by atoms with Crippen LogP contribution >= 0.6 is 15.9 Å². The summed E-state index contributed by atoms with van der Waals surface area (Å²) in [5, 5.41) is 14.9. The van der Waals surface area contributed by atoms with E-state index in [-0.39, 0.29) is 22.6 Å². The molecule has 0 spiro atoms. The lowest BCUT2D eigenvalue weighted by Gasteiger charge is -2.36. The summed E-state index contributed by atoms with van der Waals surface area (Å²) >= 11 is 3.39. The van der Waals surface area contributed by atoms with Crippen molar-refractivity contribution in [3.05, 3.63) is 98.5 Å². The summed E-state index contributed by atoms with van der Waals surface area (Å²) in [6, 6.07) is 22.3. The van der Waals surface area contributed by atoms with Gasteiger partial charge in [-0.2, -0.15) is 0 Å². The van der Waals surface area contributed by atoms with Crippen molar-refractivity contribution in [3.8, 4) is 0 Å². The second-order valence-corrected chi connectivity index (χ2v) is 8.94. The first-order valence-electron chi connectivity index (χ1n) is 10.8. The minimum absolute atomic E-state index is 0.0184. The van der Waals surface area contributed by atoms with E-state index in [4.69, 9.17) is 0 Å². The highest BCUT2D eigenvalue weighted by Gasteiger charge is 2.24. The quantitative estimate of drug-likeness (QED) is 0.351. The van der Waals surface area contributed by atoms with Crippen molar-refractivity contribution in [1.29, 1.82) is 0 Å². The van der Waals surface area contributed by atoms with Crippen LogP contribution in [0.1, 0.15) is 28.9 Å². The number of hydrogen-bond donors (Lipinski definition) is 1. The Morgan fingerprint density at radius 1 is 1.00 bits per heavy atom. The SMILES string of the molecule is C[C@H](Nc1cc(N2CCN(C(=O)c3ccc(Br)cc3)CC2)ccc1[N+](=O)[O-])c1ccccc1. The van der Waals surface area contributed by atoms with Gasteiger partial charge < -0.3 is 15.1 Å². The van der Waals surface area contributed by atoms with Gasteiger partial charge in [0, 0.05) is 54.0 Å². The zero-order chi connectivity index (χ0) is 23.4. The zero-order valence-corrected chi connectivity index (χ0v) is 19.9. The van der Waals surface area contributed by atoms with Crippen LogP contribution in [0.2, 0.25) is 0 Å². The molecule has 0 bridgehead atoms. The number of nitrogens with one attached hydrogen (secondary N) is 1. The van der Waals surface area contributed by atoms with Gasteiger partial charge in [0.15, 0.2) is 0 Å². The van der Waals surface area contributed by atoms with Crippen LogP contribution in [0.25, 0.3) is 0 Å². The number of benzene rings is 3. The van der Waals surface area contributed by atoms with Gasteiger partial charge in [0.1, 0.15) is 5.69 Å². The molecule has 1 atom stereocenters. The number of nitro benzene ring substituents is 1. The van der Waals surface area contributed by atoms with Crippen molar-refractivity contribution in [1.82, 2.24) is 4.90 Å². The number of anilines is 2. The van der Waals surface area contributed by atoms with E-state index < -0.39 is 0 Å². The minimum Gasteiger partial charge on any atom is -0.373 e. The molecular formula is C25H25BrN4O3. The van der Waals surface area contributed by atoms with E-state index in [0.717, 1.165) is 15.7 Å². The summed E-state index contributed by atoms with van der Waals surface area (Å²) in [6.45, 7) is 4.49. The third-order valence-electron chi connectivity index (χ3n) is 5.87. The van der Waals surface area contributed by atoms with Gasteiger partial charge in [0.25, 0.3) is 11.6 Å². The smallest absolute Gasteiger partial charge is 0.292 e. The average Bonchev–Trinajstić information content (AvgIpc) is 2.84. The molecule has 1 fully saturated rings. The molecule has 4 rings (SSSR count). The molecule has 170 valence electrons. The molecule has 1 heterocycles. The van der Waals surface area contributed by atoms with Crippen LogP contribution < -0.4 is 10.2 Å². The number of amides is 1. The summed E-state index contributed by atoms with van der Waals surface area (Å²) in [7, 11) is 0. The lowest BCUT2D eigenvalue weighted by Crippen LogP contribution is -2.48. The third kappa shape index (κ3) is 5.34. The Kier molecular flexibility index (Phi) is 6.93. The number of rotatable bonds is 6. The number of carbonyl (C=O) groups is 1. The van der Waals surface area contributed by atoms with Crippen LogP contribution in [0.3, 0.4) is 0 Å². The third-order valence-corrected chi connectivity index (χ3v) is 6.40. The predicted molar refractivity (Wildman–Crippen MR) is 134 cm³/mol. The van der Waals surface area contributed by atoms with E-state index in [9.17, 15) is 14.9 Å². The van der Waals surface area contributed by atoms with Gasteiger partial charge in [-0.25, -0.2) is 0 Å². The number of piperazine rings is 1. The van der Waals surface area contributed by atoms with Gasteiger partial charge in [0.05, 0.1) is 4.92 Å². The van der Waals surface area contributed by atoms with Gasteiger partial charge in [-0.1, -0.05) is 46.3 Å². The first-order valence-corrected chi connectivity index (χ1v) is 11.6. The second-order valence-electron chi connectivity index (χ2n) is 8.02. The Labute approximate surface area is 201 Å². The minimum atomic E-state index is -0.362. The number of nitrogens with zero attached hydrogens (tertiary/aromatic N) is 3. The molecule has 7 nitrogen and oxygen atoms in total. The molecule has 0 saturated carbocycles. The fraction of sp³-hybridized carbons (Fsp3) is 0.240. The topological polar surface area (TPSA) is 78.7 Å². The van der Waals surface area contributed by atoms with Crippen molar-refractivity contribution in [2.75, 3.05) is 36.4 Å². The molecule has 3 aromatic carbocycles. The molecule has 0 aliphatic carbocycles. The van der Waals surface area contributed by atoms with Gasteiger partial charge in [0.2, 0.25) is 0 Å². The van der Waals surface area contributed by atoms with E-state index in [0.29, 0.717) is 37.4 Å². The van der Waals surface area contributed by atoms with E-state index in [2.05, 4.69) is 26.1 Å². The van der Waals surface area contributed by atoms with Crippen molar-refractivity contribution in [2.45, 2.75) is 13.0 Å². The van der Waals surface area contributed by atoms with Crippen molar-refractivity contribution < 1.29 is 9.72 Å². The maximum Gasteiger partial charge on any atom is 0.292 e. The summed E-state index contributed by atoms with van der Waals surface area (Å²) in [4.78, 5) is 28.0. The van der Waals surface area contributed by atoms with Crippen LogP contribution in [0.5, 0.6) is 0 Å². The van der Waals surface area contributed by atoms with E-state index in [1.165, 1.54) is 0 Å². The predicted octanol–water partition coefficient (Wildman–Crippen LogP) is 5.49. The molecular weight excluding hydrogens is 484 g/mol. The van der Waals surface area contributed by atoms with Gasteiger partial charge in [-0.05, 0) is 48.9 Å². The maximum absolute atomic E-state index is 12.8. The summed E-state index contributed by atoms with van der Waals surface area (Å²) in [6.07, 6.45) is 0. The maximum atomic E-state index is 12.8. The normalized spacial score (nSPS) is 14.6. The molecule has 8 heteroatoms. The number of hydrogen-bond acceptors (Lipinski definition) is 5. The van der Waals surface area contributed by atoms with Gasteiger partial charge in [-0.15, -0.1) is 0 Å². The molecule has 33 heavy (non-hydrogen) atoms. The highest BCUT2D eigenvalue weighted by molar-refractivity contribution is 9.10. The van der Waals surface area contributed by atoms with E-state index >= 15 is 0 Å². The Hall–Kier alpha value is -3.39. The van der Waals surface area contributed by atoms with Crippen LogP contribution in [0.15, 0.2) is 77.3 Å². The van der Waals surface area contributed by atoms with Crippen molar-refractivity contribution in [3.63, 3.8) is 0 Å². The molecule has 1 aliphatic rings. The highest BCUT2D eigenvalue weighted by atomic mass is 79.9. The monoisotopic (exact) mass is 508 g/mol. The van der Waals surface area contributed by atoms with E-state index in [1.807, 2.05) is 72.5 Å². The largest absolute Gasteiger partial charge is 0.373 e.